The predicted octanol–water partition coefficient (Wildman–Crippen LogP) is 3.34. The minimum Gasteiger partial charge on any atom is -0.301 e. The summed E-state index contributed by atoms with van der Waals surface area (Å²) in [6.07, 6.45) is -1.24. The first kappa shape index (κ1) is 11.6. The Morgan fingerprint density at radius 3 is 1.82 bits per heavy atom. The molecule has 11 heavy (non-hydrogen) atoms. The molecular formula is C6H14BrO3P. The average molecular weight is 245 g/mol. The van der Waals surface area contributed by atoms with E-state index in [1.807, 2.05) is 13.8 Å². The summed E-state index contributed by atoms with van der Waals surface area (Å²) >= 11 is 2.90. The molecule has 0 saturated carbocycles. The third-order valence-electron chi connectivity index (χ3n) is 0.899. The zero-order valence-electron chi connectivity index (χ0n) is 6.88. The first-order chi connectivity index (χ1) is 5.12. The number of hydrogen-bond acceptors (Lipinski definition) is 3. The topological polar surface area (TPSA) is 35.5 Å². The number of halogens is 1. The van der Waals surface area contributed by atoms with Crippen molar-refractivity contribution in [2.24, 2.45) is 0 Å². The summed E-state index contributed by atoms with van der Waals surface area (Å²) in [4.78, 5) is 0. The highest BCUT2D eigenvalue weighted by Crippen LogP contribution is 2.56. The van der Waals surface area contributed by atoms with Gasteiger partial charge in [0.1, 0.15) is 0 Å². The molecule has 0 aliphatic heterocycles. The first-order valence-electron chi connectivity index (χ1n) is 3.71. The van der Waals surface area contributed by atoms with Crippen LogP contribution in [0.2, 0.25) is 0 Å². The second kappa shape index (κ2) is 6.18. The molecular weight excluding hydrogens is 231 g/mol. The van der Waals surface area contributed by atoms with E-state index in [2.05, 4.69) is 15.5 Å². The third-order valence-corrected chi connectivity index (χ3v) is 3.11. The molecule has 0 spiro atoms. The van der Waals surface area contributed by atoms with E-state index in [0.29, 0.717) is 13.2 Å². The van der Waals surface area contributed by atoms with Crippen molar-refractivity contribution in [1.29, 1.82) is 0 Å². The molecule has 5 heteroatoms. The van der Waals surface area contributed by atoms with Crippen LogP contribution < -0.4 is 0 Å². The van der Waals surface area contributed by atoms with Gasteiger partial charge in [-0.3, -0.25) is 0 Å². The minimum absolute atomic E-state index is 0.465. The third kappa shape index (κ3) is 7.01. The standard InChI is InChI=1S/C6H14BrO3P/c1-3-5-9-11(7,8)10-6-4-2/h3-6H2,1-2H3. The summed E-state index contributed by atoms with van der Waals surface area (Å²) < 4.78 is 21.1. The first-order valence-corrected chi connectivity index (χ1v) is 7.27. The van der Waals surface area contributed by atoms with Gasteiger partial charge in [-0.2, -0.15) is 0 Å². The normalized spacial score (nSPS) is 11.9. The summed E-state index contributed by atoms with van der Waals surface area (Å²) in [5, 5.41) is 0. The lowest BCUT2D eigenvalue weighted by Crippen LogP contribution is -1.92. The van der Waals surface area contributed by atoms with E-state index in [4.69, 9.17) is 9.05 Å². The van der Waals surface area contributed by atoms with Gasteiger partial charge in [0.15, 0.2) is 0 Å². The summed E-state index contributed by atoms with van der Waals surface area (Å²) in [5.41, 5.74) is 0. The molecule has 3 nitrogen and oxygen atoms in total. The van der Waals surface area contributed by atoms with E-state index in [0.717, 1.165) is 12.8 Å². The van der Waals surface area contributed by atoms with Gasteiger partial charge in [-0.05, 0) is 12.8 Å². The molecule has 0 aromatic rings. The molecule has 0 fully saturated rings. The van der Waals surface area contributed by atoms with E-state index in [1.165, 1.54) is 0 Å². The maximum absolute atomic E-state index is 11.2. The van der Waals surface area contributed by atoms with Crippen molar-refractivity contribution in [3.63, 3.8) is 0 Å². The van der Waals surface area contributed by atoms with Gasteiger partial charge in [0.2, 0.25) is 0 Å². The molecule has 0 N–H and O–H groups in total. The SMILES string of the molecule is CCCOP(=O)(Br)OCCC. The van der Waals surface area contributed by atoms with E-state index < -0.39 is 6.30 Å². The van der Waals surface area contributed by atoms with Crippen LogP contribution in [0.15, 0.2) is 0 Å². The smallest absolute Gasteiger partial charge is 0.301 e. The van der Waals surface area contributed by atoms with E-state index in [9.17, 15) is 4.57 Å². The second-order valence-corrected chi connectivity index (χ2v) is 6.08. The van der Waals surface area contributed by atoms with Crippen LogP contribution in [-0.4, -0.2) is 13.2 Å². The molecule has 0 aromatic carbocycles. The van der Waals surface area contributed by atoms with Gasteiger partial charge >= 0.3 is 6.30 Å². The Kier molecular flexibility index (Phi) is 6.53. The fourth-order valence-electron chi connectivity index (χ4n) is 0.438. The lowest BCUT2D eigenvalue weighted by Gasteiger charge is -2.10. The Bertz CT molecular complexity index is 128. The van der Waals surface area contributed by atoms with Gasteiger partial charge < -0.3 is 9.05 Å². The highest BCUT2D eigenvalue weighted by atomic mass is 79.9. The van der Waals surface area contributed by atoms with Gasteiger partial charge in [-0.15, -0.1) is 0 Å². The van der Waals surface area contributed by atoms with Crippen molar-refractivity contribution in [2.45, 2.75) is 26.7 Å². The molecule has 0 atom stereocenters. The Morgan fingerprint density at radius 1 is 1.18 bits per heavy atom. The van der Waals surface area contributed by atoms with E-state index in [-0.39, 0.29) is 0 Å². The molecule has 0 bridgehead atoms. The number of hydrogen-bond donors (Lipinski definition) is 0. The molecule has 0 aliphatic rings. The monoisotopic (exact) mass is 244 g/mol. The van der Waals surface area contributed by atoms with Gasteiger partial charge in [0.05, 0.1) is 13.2 Å². The number of rotatable bonds is 6. The lowest BCUT2D eigenvalue weighted by molar-refractivity contribution is 0.221. The molecule has 0 saturated heterocycles. The molecule has 0 radical (unpaired) electrons. The average Bonchev–Trinajstić information content (AvgIpc) is 1.97. The van der Waals surface area contributed by atoms with Crippen molar-refractivity contribution in [3.05, 3.63) is 0 Å². The van der Waals surface area contributed by atoms with Crippen LogP contribution in [0.3, 0.4) is 0 Å². The molecule has 0 rings (SSSR count). The van der Waals surface area contributed by atoms with Crippen LogP contribution in [0.4, 0.5) is 0 Å². The van der Waals surface area contributed by atoms with Crippen LogP contribution in [0.1, 0.15) is 26.7 Å². The highest BCUT2D eigenvalue weighted by molar-refractivity contribution is 9.39. The lowest BCUT2D eigenvalue weighted by atomic mass is 10.5. The van der Waals surface area contributed by atoms with Crippen molar-refractivity contribution >= 4 is 21.8 Å². The van der Waals surface area contributed by atoms with Crippen LogP contribution in [0.5, 0.6) is 0 Å². The molecule has 0 heterocycles. The van der Waals surface area contributed by atoms with E-state index >= 15 is 0 Å². The zero-order valence-corrected chi connectivity index (χ0v) is 9.36. The quantitative estimate of drug-likeness (QED) is 0.673. The van der Waals surface area contributed by atoms with Gasteiger partial charge in [0, 0.05) is 15.5 Å². The molecule has 0 amide bonds. The highest BCUT2D eigenvalue weighted by Gasteiger charge is 2.17. The Hall–Kier alpha value is 0.630. The molecule has 0 aromatic heterocycles. The van der Waals surface area contributed by atoms with Crippen molar-refractivity contribution in [3.8, 4) is 0 Å². The second-order valence-electron chi connectivity index (χ2n) is 2.10. The van der Waals surface area contributed by atoms with Crippen molar-refractivity contribution in [2.75, 3.05) is 13.2 Å². The Balaban J connectivity index is 3.53. The molecule has 0 unspecified atom stereocenters. The van der Waals surface area contributed by atoms with Gasteiger partial charge in [0.25, 0.3) is 0 Å². The predicted molar refractivity (Wildman–Crippen MR) is 49.0 cm³/mol. The maximum atomic E-state index is 11.2. The van der Waals surface area contributed by atoms with Gasteiger partial charge in [-0.25, -0.2) is 4.57 Å². The summed E-state index contributed by atoms with van der Waals surface area (Å²) in [5.74, 6) is 0. The fourth-order valence-corrected chi connectivity index (χ4v) is 2.18. The van der Waals surface area contributed by atoms with Gasteiger partial charge in [-0.1, -0.05) is 13.8 Å². The van der Waals surface area contributed by atoms with E-state index in [1.54, 1.807) is 0 Å². The molecule has 0 aliphatic carbocycles. The summed E-state index contributed by atoms with van der Waals surface area (Å²) in [6, 6.07) is 0. The van der Waals surface area contributed by atoms with Crippen LogP contribution in [-0.2, 0) is 13.6 Å². The summed E-state index contributed by atoms with van der Waals surface area (Å²) in [6.45, 7) is 4.83. The largest absolute Gasteiger partial charge is 0.396 e. The Morgan fingerprint density at radius 2 is 1.55 bits per heavy atom. The van der Waals surface area contributed by atoms with Crippen molar-refractivity contribution < 1.29 is 13.6 Å². The van der Waals surface area contributed by atoms with Crippen LogP contribution >= 0.6 is 21.8 Å². The Labute approximate surface area is 75.7 Å². The summed E-state index contributed by atoms with van der Waals surface area (Å²) in [7, 11) is 0. The maximum Gasteiger partial charge on any atom is 0.396 e. The van der Waals surface area contributed by atoms with Crippen molar-refractivity contribution in [1.82, 2.24) is 0 Å². The zero-order chi connectivity index (χ0) is 8.74. The van der Waals surface area contributed by atoms with Crippen LogP contribution in [0.25, 0.3) is 0 Å². The van der Waals surface area contributed by atoms with Crippen LogP contribution in [0, 0.1) is 0 Å². The molecule has 68 valence electrons. The fraction of sp³-hybridized carbons (Fsp3) is 1.00. The minimum atomic E-state index is -2.91.